The summed E-state index contributed by atoms with van der Waals surface area (Å²) < 4.78 is 81.9. The molecule has 1 heterocycles. The summed E-state index contributed by atoms with van der Waals surface area (Å²) in [7, 11) is -1.64. The van der Waals surface area contributed by atoms with Crippen LogP contribution >= 0.6 is 0 Å². The molecule has 2 N–H and O–H groups in total. The molecule has 0 unspecified atom stereocenters. The zero-order valence-electron chi connectivity index (χ0n) is 18.3. The standard InChI is InChI=1S/C21H23F3N2O7S/c1-31-16-7-8-17(18(19(16)32-2)20(27)25-28)34(29,30)26-11-9-15(10-12-26)33-14-5-3-13(4-6-14)21(22,23)24/h3-8,15,28H,9-12H2,1-2H3,(H,25,27). The summed E-state index contributed by atoms with van der Waals surface area (Å²) in [6, 6.07) is 6.79. The van der Waals surface area contributed by atoms with Gasteiger partial charge in [-0.25, -0.2) is 13.9 Å². The van der Waals surface area contributed by atoms with E-state index in [0.717, 1.165) is 16.4 Å². The fourth-order valence-corrected chi connectivity index (χ4v) is 5.29. The first kappa shape index (κ1) is 25.6. The molecule has 34 heavy (non-hydrogen) atoms. The van der Waals surface area contributed by atoms with Crippen LogP contribution in [0.25, 0.3) is 0 Å². The Balaban J connectivity index is 1.77. The van der Waals surface area contributed by atoms with Crippen molar-refractivity contribution in [2.75, 3.05) is 27.3 Å². The molecule has 0 saturated carbocycles. The molecule has 2 aromatic carbocycles. The number of sulfonamides is 1. The summed E-state index contributed by atoms with van der Waals surface area (Å²) in [6.45, 7) is 0.0876. The smallest absolute Gasteiger partial charge is 0.416 e. The molecule has 1 amide bonds. The molecule has 1 saturated heterocycles. The number of methoxy groups -OCH3 is 2. The maximum absolute atomic E-state index is 13.3. The summed E-state index contributed by atoms with van der Waals surface area (Å²) in [4.78, 5) is 11.9. The van der Waals surface area contributed by atoms with Crippen molar-refractivity contribution in [1.82, 2.24) is 9.79 Å². The van der Waals surface area contributed by atoms with Gasteiger partial charge in [-0.1, -0.05) is 0 Å². The zero-order valence-corrected chi connectivity index (χ0v) is 19.1. The van der Waals surface area contributed by atoms with Crippen LogP contribution in [0.3, 0.4) is 0 Å². The minimum absolute atomic E-state index is 0.0438. The summed E-state index contributed by atoms with van der Waals surface area (Å²) in [5.74, 6) is -0.898. The fraction of sp³-hybridized carbons (Fsp3) is 0.381. The summed E-state index contributed by atoms with van der Waals surface area (Å²) in [5.41, 5.74) is 0.220. The van der Waals surface area contributed by atoms with Crippen molar-refractivity contribution in [2.45, 2.75) is 30.0 Å². The third kappa shape index (κ3) is 5.21. The first-order chi connectivity index (χ1) is 16.0. The van der Waals surface area contributed by atoms with Gasteiger partial charge in [0.1, 0.15) is 17.4 Å². The van der Waals surface area contributed by atoms with Gasteiger partial charge in [0.2, 0.25) is 10.0 Å². The van der Waals surface area contributed by atoms with E-state index in [-0.39, 0.29) is 48.1 Å². The molecular formula is C21H23F3N2O7S. The Morgan fingerprint density at radius 3 is 2.18 bits per heavy atom. The molecule has 9 nitrogen and oxygen atoms in total. The first-order valence-electron chi connectivity index (χ1n) is 10.1. The SMILES string of the molecule is COc1ccc(S(=O)(=O)N2CCC(Oc3ccc(C(F)(F)F)cc3)CC2)c(C(=O)NO)c1OC. The molecule has 0 atom stereocenters. The van der Waals surface area contributed by atoms with Crippen molar-refractivity contribution in [1.29, 1.82) is 0 Å². The highest BCUT2D eigenvalue weighted by molar-refractivity contribution is 7.89. The number of hydroxylamine groups is 1. The van der Waals surface area contributed by atoms with Gasteiger partial charge in [0.05, 0.1) is 24.7 Å². The monoisotopic (exact) mass is 504 g/mol. The van der Waals surface area contributed by atoms with Crippen LogP contribution in [0.15, 0.2) is 41.3 Å². The molecule has 0 spiro atoms. The quantitative estimate of drug-likeness (QED) is 0.440. The molecule has 1 aliphatic heterocycles. The minimum Gasteiger partial charge on any atom is -0.493 e. The Bertz CT molecular complexity index is 1130. The van der Waals surface area contributed by atoms with Gasteiger partial charge < -0.3 is 14.2 Å². The maximum atomic E-state index is 13.3. The lowest BCUT2D eigenvalue weighted by Crippen LogP contribution is -2.42. The molecule has 3 rings (SSSR count). The van der Waals surface area contributed by atoms with Crippen LogP contribution in [0.1, 0.15) is 28.8 Å². The van der Waals surface area contributed by atoms with Crippen molar-refractivity contribution in [3.05, 3.63) is 47.5 Å². The van der Waals surface area contributed by atoms with E-state index in [1.54, 1.807) is 0 Å². The number of halogens is 3. The molecule has 0 radical (unpaired) electrons. The van der Waals surface area contributed by atoms with Gasteiger partial charge in [0.25, 0.3) is 5.91 Å². The van der Waals surface area contributed by atoms with Gasteiger partial charge in [-0.05, 0) is 49.2 Å². The number of piperidine rings is 1. The Labute approximate surface area is 194 Å². The first-order valence-corrected chi connectivity index (χ1v) is 11.5. The molecule has 1 aliphatic rings. The average Bonchev–Trinajstić information content (AvgIpc) is 2.82. The number of benzene rings is 2. The maximum Gasteiger partial charge on any atom is 0.416 e. The van der Waals surface area contributed by atoms with Gasteiger partial charge in [-0.15, -0.1) is 0 Å². The topological polar surface area (TPSA) is 114 Å². The number of carbonyl (C=O) groups is 1. The van der Waals surface area contributed by atoms with Crippen LogP contribution in [0, 0.1) is 0 Å². The lowest BCUT2D eigenvalue weighted by Gasteiger charge is -2.32. The van der Waals surface area contributed by atoms with Crippen LogP contribution in [0.5, 0.6) is 17.2 Å². The number of hydrogen-bond acceptors (Lipinski definition) is 7. The summed E-state index contributed by atoms with van der Waals surface area (Å²) in [6.07, 6.45) is -4.31. The molecule has 1 fully saturated rings. The summed E-state index contributed by atoms with van der Waals surface area (Å²) in [5, 5.41) is 9.13. The van der Waals surface area contributed by atoms with Crippen molar-refractivity contribution in [3.8, 4) is 17.2 Å². The average molecular weight is 504 g/mol. The zero-order chi connectivity index (χ0) is 25.1. The number of amides is 1. The molecule has 0 bridgehead atoms. The van der Waals surface area contributed by atoms with Gasteiger partial charge in [-0.2, -0.15) is 17.5 Å². The highest BCUT2D eigenvalue weighted by Gasteiger charge is 2.35. The van der Waals surface area contributed by atoms with E-state index in [9.17, 15) is 26.4 Å². The second kappa shape index (κ2) is 10.1. The Kier molecular flexibility index (Phi) is 7.58. The summed E-state index contributed by atoms with van der Waals surface area (Å²) >= 11 is 0. The van der Waals surface area contributed by atoms with Crippen molar-refractivity contribution >= 4 is 15.9 Å². The lowest BCUT2D eigenvalue weighted by molar-refractivity contribution is -0.137. The number of ether oxygens (including phenoxy) is 3. The van der Waals surface area contributed by atoms with E-state index in [2.05, 4.69) is 0 Å². The predicted molar refractivity (Wildman–Crippen MR) is 113 cm³/mol. The molecule has 0 aromatic heterocycles. The number of carbonyl (C=O) groups excluding carboxylic acids is 1. The van der Waals surface area contributed by atoms with Gasteiger partial charge >= 0.3 is 6.18 Å². The van der Waals surface area contributed by atoms with E-state index in [1.807, 2.05) is 0 Å². The molecule has 13 heteroatoms. The minimum atomic E-state index is -4.45. The number of hydrogen-bond donors (Lipinski definition) is 2. The fourth-order valence-electron chi connectivity index (χ4n) is 3.64. The Morgan fingerprint density at radius 1 is 1.06 bits per heavy atom. The number of nitrogens with one attached hydrogen (secondary N) is 1. The predicted octanol–water partition coefficient (Wildman–Crippen LogP) is 3.07. The molecule has 2 aromatic rings. The third-order valence-electron chi connectivity index (χ3n) is 5.34. The van der Waals surface area contributed by atoms with E-state index in [1.165, 1.54) is 44.0 Å². The van der Waals surface area contributed by atoms with Crippen LogP contribution in [-0.4, -0.2) is 57.3 Å². The van der Waals surface area contributed by atoms with Gasteiger partial charge in [0, 0.05) is 13.1 Å². The third-order valence-corrected chi connectivity index (χ3v) is 7.28. The highest BCUT2D eigenvalue weighted by Crippen LogP contribution is 2.37. The van der Waals surface area contributed by atoms with Crippen molar-refractivity contribution in [3.63, 3.8) is 0 Å². The van der Waals surface area contributed by atoms with Crippen LogP contribution < -0.4 is 19.7 Å². The van der Waals surface area contributed by atoms with Crippen LogP contribution in [0.2, 0.25) is 0 Å². The van der Waals surface area contributed by atoms with Crippen LogP contribution in [0.4, 0.5) is 13.2 Å². The Hall–Kier alpha value is -3.03. The van der Waals surface area contributed by atoms with Crippen molar-refractivity contribution < 1.29 is 45.8 Å². The van der Waals surface area contributed by atoms with E-state index < -0.39 is 39.3 Å². The van der Waals surface area contributed by atoms with E-state index in [0.29, 0.717) is 0 Å². The largest absolute Gasteiger partial charge is 0.493 e. The van der Waals surface area contributed by atoms with E-state index >= 15 is 0 Å². The molecule has 186 valence electrons. The second-order valence-electron chi connectivity index (χ2n) is 7.36. The van der Waals surface area contributed by atoms with Crippen LogP contribution in [-0.2, 0) is 16.2 Å². The van der Waals surface area contributed by atoms with Gasteiger partial charge in [-0.3, -0.25) is 10.0 Å². The number of rotatable bonds is 7. The molecular weight excluding hydrogens is 481 g/mol. The van der Waals surface area contributed by atoms with E-state index in [4.69, 9.17) is 19.4 Å². The second-order valence-corrected chi connectivity index (χ2v) is 9.26. The van der Waals surface area contributed by atoms with Gasteiger partial charge in [0.15, 0.2) is 11.5 Å². The normalized spacial score (nSPS) is 15.6. The molecule has 0 aliphatic carbocycles. The Morgan fingerprint density at radius 2 is 1.68 bits per heavy atom. The number of nitrogens with zero attached hydrogens (tertiary/aromatic N) is 1. The lowest BCUT2D eigenvalue weighted by atomic mass is 10.1. The number of alkyl halides is 3. The van der Waals surface area contributed by atoms with Crippen molar-refractivity contribution in [2.24, 2.45) is 0 Å². The highest BCUT2D eigenvalue weighted by atomic mass is 32.2.